The van der Waals surface area contributed by atoms with Gasteiger partial charge < -0.3 is 4.90 Å². The second-order valence-corrected chi connectivity index (χ2v) is 11.8. The lowest BCUT2D eigenvalue weighted by Crippen LogP contribution is -2.36. The van der Waals surface area contributed by atoms with Crippen molar-refractivity contribution >= 4 is 70.0 Å². The maximum absolute atomic E-state index is 13.0. The molecule has 1 heterocycles. The molecule has 1 amide bonds. The second-order valence-electron chi connectivity index (χ2n) is 7.33. The van der Waals surface area contributed by atoms with Crippen LogP contribution < -0.4 is 4.90 Å². The van der Waals surface area contributed by atoms with E-state index in [2.05, 4.69) is 20.9 Å². The molecule has 0 radical (unpaired) electrons. The minimum absolute atomic E-state index is 0.102. The number of rotatable bonds is 9. The van der Waals surface area contributed by atoms with E-state index in [1.165, 1.54) is 23.5 Å². The zero-order chi connectivity index (χ0) is 22.6. The van der Waals surface area contributed by atoms with Gasteiger partial charge in [0.2, 0.25) is 5.91 Å². The number of carbonyl (C=O) groups is 1. The van der Waals surface area contributed by atoms with Crippen LogP contribution in [0.2, 0.25) is 5.02 Å². The predicted octanol–water partition coefficient (Wildman–Crippen LogP) is 4.86. The van der Waals surface area contributed by atoms with Gasteiger partial charge in [-0.1, -0.05) is 38.9 Å². The number of sulfone groups is 1. The molecule has 0 saturated heterocycles. The molecule has 2 aromatic carbocycles. The molecular weight excluding hydrogens is 522 g/mol. The average molecular weight is 545 g/mol. The Morgan fingerprint density at radius 3 is 2.52 bits per heavy atom. The van der Waals surface area contributed by atoms with E-state index in [-0.39, 0.29) is 29.4 Å². The van der Waals surface area contributed by atoms with Crippen LogP contribution in [0.1, 0.15) is 12.8 Å². The standard InChI is InChI=1S/C21H23BrClN3O3S2/c1-25(2)11-12-26(21-24-18-10-5-15(22)14-19(18)30-21)20(27)4-3-13-31(28,29)17-8-6-16(23)7-9-17/h5-10,14H,3-4,11-13H2,1-2H3. The normalized spacial score (nSPS) is 11.9. The molecule has 1 aromatic heterocycles. The maximum atomic E-state index is 13.0. The molecule has 0 aliphatic heterocycles. The lowest BCUT2D eigenvalue weighted by Gasteiger charge is -2.22. The van der Waals surface area contributed by atoms with Gasteiger partial charge >= 0.3 is 0 Å². The van der Waals surface area contributed by atoms with Gasteiger partial charge in [-0.05, 0) is 63.0 Å². The Labute approximate surface area is 199 Å². The molecule has 10 heteroatoms. The number of amides is 1. The molecule has 31 heavy (non-hydrogen) atoms. The highest BCUT2D eigenvalue weighted by atomic mass is 79.9. The summed E-state index contributed by atoms with van der Waals surface area (Å²) in [5, 5.41) is 1.11. The van der Waals surface area contributed by atoms with Gasteiger partial charge in [-0.25, -0.2) is 13.4 Å². The first-order chi connectivity index (χ1) is 14.7. The highest BCUT2D eigenvalue weighted by Gasteiger charge is 2.21. The molecule has 6 nitrogen and oxygen atoms in total. The molecule has 0 spiro atoms. The largest absolute Gasteiger partial charge is 0.308 e. The minimum atomic E-state index is -3.47. The number of hydrogen-bond acceptors (Lipinski definition) is 6. The van der Waals surface area contributed by atoms with Crippen molar-refractivity contribution in [1.29, 1.82) is 0 Å². The van der Waals surface area contributed by atoms with Crippen LogP contribution in [0.5, 0.6) is 0 Å². The summed E-state index contributed by atoms with van der Waals surface area (Å²) in [5.41, 5.74) is 0.830. The number of fused-ring (bicyclic) bond motifs is 1. The zero-order valence-corrected chi connectivity index (χ0v) is 21.2. The Balaban J connectivity index is 1.71. The summed E-state index contributed by atoms with van der Waals surface area (Å²) < 4.78 is 27.0. The summed E-state index contributed by atoms with van der Waals surface area (Å²) in [6, 6.07) is 11.9. The highest BCUT2D eigenvalue weighted by molar-refractivity contribution is 9.10. The van der Waals surface area contributed by atoms with E-state index in [4.69, 9.17) is 11.6 Å². The number of benzene rings is 2. The summed E-state index contributed by atoms with van der Waals surface area (Å²) in [6.07, 6.45) is 0.360. The van der Waals surface area contributed by atoms with E-state index in [1.807, 2.05) is 37.2 Å². The molecule has 0 N–H and O–H groups in total. The van der Waals surface area contributed by atoms with Gasteiger partial charge in [-0.2, -0.15) is 0 Å². The van der Waals surface area contributed by atoms with Crippen LogP contribution in [-0.4, -0.2) is 57.1 Å². The minimum Gasteiger partial charge on any atom is -0.308 e. The molecule has 0 saturated carbocycles. The molecule has 0 unspecified atom stereocenters. The Bertz CT molecular complexity index is 1160. The number of halogens is 2. The van der Waals surface area contributed by atoms with E-state index >= 15 is 0 Å². The fourth-order valence-corrected chi connectivity index (χ4v) is 5.93. The Kier molecular flexibility index (Phi) is 8.09. The maximum Gasteiger partial charge on any atom is 0.228 e. The van der Waals surface area contributed by atoms with Gasteiger partial charge in [0.1, 0.15) is 0 Å². The van der Waals surface area contributed by atoms with Crippen molar-refractivity contribution in [3.63, 3.8) is 0 Å². The SMILES string of the molecule is CN(C)CCN(C(=O)CCCS(=O)(=O)c1ccc(Cl)cc1)c1nc2ccc(Br)cc2s1. The monoisotopic (exact) mass is 543 g/mol. The molecule has 3 aromatic rings. The van der Waals surface area contributed by atoms with Crippen molar-refractivity contribution in [2.24, 2.45) is 0 Å². The Hall–Kier alpha value is -1.52. The summed E-state index contributed by atoms with van der Waals surface area (Å²) in [4.78, 5) is 21.5. The molecule has 0 fully saturated rings. The van der Waals surface area contributed by atoms with Gasteiger partial charge in [0.25, 0.3) is 0 Å². The van der Waals surface area contributed by atoms with Gasteiger partial charge in [-0.3, -0.25) is 9.69 Å². The van der Waals surface area contributed by atoms with E-state index < -0.39 is 9.84 Å². The van der Waals surface area contributed by atoms with Crippen molar-refractivity contribution in [2.45, 2.75) is 17.7 Å². The predicted molar refractivity (Wildman–Crippen MR) is 131 cm³/mol. The fraction of sp³-hybridized carbons (Fsp3) is 0.333. The lowest BCUT2D eigenvalue weighted by molar-refractivity contribution is -0.118. The van der Waals surface area contributed by atoms with E-state index in [9.17, 15) is 13.2 Å². The van der Waals surface area contributed by atoms with Crippen LogP contribution >= 0.6 is 38.9 Å². The molecule has 0 atom stereocenters. The number of nitrogens with zero attached hydrogens (tertiary/aromatic N) is 3. The lowest BCUT2D eigenvalue weighted by atomic mass is 10.3. The van der Waals surface area contributed by atoms with Crippen LogP contribution in [-0.2, 0) is 14.6 Å². The smallest absolute Gasteiger partial charge is 0.228 e. The molecule has 166 valence electrons. The molecule has 0 aliphatic rings. The van der Waals surface area contributed by atoms with Crippen LogP contribution in [0, 0.1) is 0 Å². The highest BCUT2D eigenvalue weighted by Crippen LogP contribution is 2.31. The van der Waals surface area contributed by atoms with Crippen LogP contribution in [0.25, 0.3) is 10.2 Å². The number of anilines is 1. The number of carbonyl (C=O) groups excluding carboxylic acids is 1. The third-order valence-corrected chi connectivity index (χ3v) is 8.22. The van der Waals surface area contributed by atoms with E-state index in [1.54, 1.807) is 17.0 Å². The third-order valence-electron chi connectivity index (χ3n) is 4.62. The van der Waals surface area contributed by atoms with Gasteiger partial charge in [-0.15, -0.1) is 0 Å². The Morgan fingerprint density at radius 2 is 1.84 bits per heavy atom. The van der Waals surface area contributed by atoms with Gasteiger partial charge in [0.05, 0.1) is 20.9 Å². The number of likely N-dealkylation sites (N-methyl/N-ethyl adjacent to an activating group) is 1. The summed E-state index contributed by atoms with van der Waals surface area (Å²) in [7, 11) is 0.413. The van der Waals surface area contributed by atoms with Crippen LogP contribution in [0.15, 0.2) is 51.8 Å². The third kappa shape index (κ3) is 6.49. The summed E-state index contributed by atoms with van der Waals surface area (Å²) in [6.45, 7) is 1.16. The fourth-order valence-electron chi connectivity index (χ4n) is 2.94. The van der Waals surface area contributed by atoms with Crippen molar-refractivity contribution in [2.75, 3.05) is 37.8 Å². The summed E-state index contributed by atoms with van der Waals surface area (Å²) >= 11 is 10.7. The summed E-state index contributed by atoms with van der Waals surface area (Å²) in [5.74, 6) is -0.236. The molecular formula is C21H23BrClN3O3S2. The van der Waals surface area contributed by atoms with Crippen LogP contribution in [0.3, 0.4) is 0 Å². The van der Waals surface area contributed by atoms with Gasteiger partial charge in [0, 0.05) is 29.0 Å². The molecule has 3 rings (SSSR count). The van der Waals surface area contributed by atoms with E-state index in [0.717, 1.165) is 14.7 Å². The van der Waals surface area contributed by atoms with Gasteiger partial charge in [0.15, 0.2) is 15.0 Å². The Morgan fingerprint density at radius 1 is 1.13 bits per heavy atom. The zero-order valence-electron chi connectivity index (χ0n) is 17.2. The number of hydrogen-bond donors (Lipinski definition) is 0. The molecule has 0 aliphatic carbocycles. The molecule has 0 bridgehead atoms. The van der Waals surface area contributed by atoms with Crippen molar-refractivity contribution < 1.29 is 13.2 Å². The topological polar surface area (TPSA) is 70.6 Å². The van der Waals surface area contributed by atoms with Crippen molar-refractivity contribution in [3.8, 4) is 0 Å². The quantitative estimate of drug-likeness (QED) is 0.385. The first-order valence-electron chi connectivity index (χ1n) is 9.65. The van der Waals surface area contributed by atoms with E-state index in [0.29, 0.717) is 23.2 Å². The van der Waals surface area contributed by atoms with Crippen LogP contribution in [0.4, 0.5) is 5.13 Å². The first kappa shape index (κ1) is 24.1. The van der Waals surface area contributed by atoms with Crippen molar-refractivity contribution in [3.05, 3.63) is 52.0 Å². The number of thiazole rings is 1. The second kappa shape index (κ2) is 10.4. The average Bonchev–Trinajstić information content (AvgIpc) is 3.10. The van der Waals surface area contributed by atoms with Crippen molar-refractivity contribution in [1.82, 2.24) is 9.88 Å². The number of aromatic nitrogens is 1. The first-order valence-corrected chi connectivity index (χ1v) is 13.3.